The number of rotatable bonds is 4. The fourth-order valence-corrected chi connectivity index (χ4v) is 4.80. The third kappa shape index (κ3) is 3.52. The number of pyridine rings is 1. The molecule has 4 aromatic rings. The lowest BCUT2D eigenvalue weighted by Gasteiger charge is -2.22. The minimum absolute atomic E-state index is 0.102. The number of aliphatic hydroxyl groups excluding tert-OH is 1. The van der Waals surface area contributed by atoms with Crippen LogP contribution in [0.2, 0.25) is 0 Å². The van der Waals surface area contributed by atoms with Gasteiger partial charge in [-0.2, -0.15) is 0 Å². The molecule has 0 radical (unpaired) electrons. The Morgan fingerprint density at radius 1 is 1.09 bits per heavy atom. The van der Waals surface area contributed by atoms with Crippen molar-refractivity contribution in [1.82, 2.24) is 9.97 Å². The maximum absolute atomic E-state index is 13.6. The van der Waals surface area contributed by atoms with Crippen LogP contribution in [0.25, 0.3) is 16.0 Å². The summed E-state index contributed by atoms with van der Waals surface area (Å²) in [5.74, 6) is -1.85. The second kappa shape index (κ2) is 8.10. The quantitative estimate of drug-likeness (QED) is 0.274. The van der Waals surface area contributed by atoms with Crippen LogP contribution in [0.1, 0.15) is 17.2 Å². The number of carbonyl (C=O) groups is 2. The zero-order valence-corrected chi connectivity index (χ0v) is 18.0. The number of aromatic nitrogens is 2. The van der Waals surface area contributed by atoms with Gasteiger partial charge in [-0.3, -0.25) is 19.5 Å². The number of methoxy groups -OCH3 is 1. The Morgan fingerprint density at radius 2 is 1.82 bits per heavy atom. The van der Waals surface area contributed by atoms with Crippen LogP contribution in [0.3, 0.4) is 0 Å². The van der Waals surface area contributed by atoms with Gasteiger partial charge in [-0.25, -0.2) is 9.37 Å². The molecule has 0 spiro atoms. The van der Waals surface area contributed by atoms with Crippen molar-refractivity contribution in [3.63, 3.8) is 0 Å². The van der Waals surface area contributed by atoms with Crippen molar-refractivity contribution >= 4 is 44.1 Å². The second-order valence-corrected chi connectivity index (χ2v) is 8.30. The Balaban J connectivity index is 1.72. The SMILES string of the molecule is COc1ccc2nc(N3C(=O)C(=O)/C(=C(/O)c4ccncc4)C3c3ccc(F)cc3)sc2c1. The average Bonchev–Trinajstić information content (AvgIpc) is 3.37. The van der Waals surface area contributed by atoms with E-state index in [1.54, 1.807) is 25.3 Å². The van der Waals surface area contributed by atoms with Gasteiger partial charge in [0.15, 0.2) is 5.13 Å². The summed E-state index contributed by atoms with van der Waals surface area (Å²) in [4.78, 5) is 36.0. The van der Waals surface area contributed by atoms with Gasteiger partial charge in [0.25, 0.3) is 5.78 Å². The number of nitrogens with zero attached hydrogens (tertiary/aromatic N) is 3. The molecule has 1 N–H and O–H groups in total. The maximum atomic E-state index is 13.6. The van der Waals surface area contributed by atoms with Gasteiger partial charge in [0.05, 0.1) is 28.9 Å². The van der Waals surface area contributed by atoms with Gasteiger partial charge in [-0.15, -0.1) is 0 Å². The van der Waals surface area contributed by atoms with Crippen LogP contribution in [0.15, 0.2) is 72.6 Å². The molecule has 1 unspecified atom stereocenters. The topological polar surface area (TPSA) is 92.6 Å². The normalized spacial score (nSPS) is 17.6. The summed E-state index contributed by atoms with van der Waals surface area (Å²) in [6.45, 7) is 0. The van der Waals surface area contributed by atoms with Gasteiger partial charge in [0.2, 0.25) is 0 Å². The number of amides is 1. The van der Waals surface area contributed by atoms with Gasteiger partial charge in [0, 0.05) is 18.0 Å². The first kappa shape index (κ1) is 20.8. The number of benzene rings is 2. The smallest absolute Gasteiger partial charge is 0.301 e. The molecular weight excluding hydrogens is 445 g/mol. The third-order valence-corrected chi connectivity index (χ3v) is 6.39. The van der Waals surface area contributed by atoms with E-state index in [4.69, 9.17) is 4.74 Å². The second-order valence-electron chi connectivity index (χ2n) is 7.29. The number of anilines is 1. The number of hydrogen-bond acceptors (Lipinski definition) is 7. The van der Waals surface area contributed by atoms with Crippen molar-refractivity contribution in [2.45, 2.75) is 6.04 Å². The Bertz CT molecular complexity index is 1420. The first-order valence-electron chi connectivity index (χ1n) is 9.89. The average molecular weight is 461 g/mol. The number of thiazole rings is 1. The summed E-state index contributed by atoms with van der Waals surface area (Å²) in [7, 11) is 1.55. The molecule has 1 amide bonds. The number of halogens is 1. The summed E-state index contributed by atoms with van der Waals surface area (Å²) >= 11 is 1.21. The van der Waals surface area contributed by atoms with Crippen LogP contribution in [0.5, 0.6) is 5.75 Å². The number of ketones is 1. The maximum Gasteiger partial charge on any atom is 0.301 e. The minimum Gasteiger partial charge on any atom is -0.507 e. The highest BCUT2D eigenvalue weighted by molar-refractivity contribution is 7.22. The zero-order valence-electron chi connectivity index (χ0n) is 17.2. The predicted molar refractivity (Wildman–Crippen MR) is 122 cm³/mol. The van der Waals surface area contributed by atoms with E-state index in [0.29, 0.717) is 22.4 Å². The predicted octanol–water partition coefficient (Wildman–Crippen LogP) is 4.47. The number of hydrogen-bond donors (Lipinski definition) is 1. The lowest BCUT2D eigenvalue weighted by Crippen LogP contribution is -2.29. The largest absolute Gasteiger partial charge is 0.507 e. The monoisotopic (exact) mass is 461 g/mol. The molecule has 1 saturated heterocycles. The van der Waals surface area contributed by atoms with Crippen molar-refractivity contribution in [3.8, 4) is 5.75 Å². The van der Waals surface area contributed by atoms with Crippen LogP contribution >= 0.6 is 11.3 Å². The summed E-state index contributed by atoms with van der Waals surface area (Å²) in [6, 6.07) is 12.8. The van der Waals surface area contributed by atoms with E-state index >= 15 is 0 Å². The third-order valence-electron chi connectivity index (χ3n) is 5.37. The van der Waals surface area contributed by atoms with Gasteiger partial charge in [0.1, 0.15) is 17.3 Å². The molecule has 0 aliphatic carbocycles. The highest BCUT2D eigenvalue weighted by atomic mass is 32.1. The lowest BCUT2D eigenvalue weighted by atomic mass is 9.95. The Kier molecular flexibility index (Phi) is 5.10. The highest BCUT2D eigenvalue weighted by Gasteiger charge is 2.48. The van der Waals surface area contributed by atoms with Gasteiger partial charge >= 0.3 is 5.91 Å². The van der Waals surface area contributed by atoms with Crippen LogP contribution < -0.4 is 9.64 Å². The Morgan fingerprint density at radius 3 is 2.52 bits per heavy atom. The molecule has 1 atom stereocenters. The molecule has 1 fully saturated rings. The first-order chi connectivity index (χ1) is 16.0. The summed E-state index contributed by atoms with van der Waals surface area (Å²) < 4.78 is 19.7. The molecule has 1 aliphatic rings. The van der Waals surface area contributed by atoms with Crippen molar-refractivity contribution in [3.05, 3.63) is 89.5 Å². The number of fused-ring (bicyclic) bond motifs is 1. The summed E-state index contributed by atoms with van der Waals surface area (Å²) in [6.07, 6.45) is 2.94. The summed E-state index contributed by atoms with van der Waals surface area (Å²) in [5.41, 5.74) is 1.33. The molecule has 7 nitrogen and oxygen atoms in total. The van der Waals surface area contributed by atoms with Crippen LogP contribution in [-0.2, 0) is 9.59 Å². The Labute approximate surface area is 191 Å². The summed E-state index contributed by atoms with van der Waals surface area (Å²) in [5, 5.41) is 11.3. The highest BCUT2D eigenvalue weighted by Crippen LogP contribution is 2.44. The van der Waals surface area contributed by atoms with E-state index in [1.165, 1.54) is 65.0 Å². The van der Waals surface area contributed by atoms with E-state index < -0.39 is 23.5 Å². The molecular formula is C24H16FN3O4S. The molecule has 5 rings (SSSR count). The van der Waals surface area contributed by atoms with E-state index in [-0.39, 0.29) is 16.5 Å². The fourth-order valence-electron chi connectivity index (χ4n) is 3.78. The zero-order chi connectivity index (χ0) is 23.1. The van der Waals surface area contributed by atoms with Gasteiger partial charge < -0.3 is 9.84 Å². The molecule has 164 valence electrons. The molecule has 0 saturated carbocycles. The number of ether oxygens (including phenoxy) is 1. The van der Waals surface area contributed by atoms with Crippen molar-refractivity contribution in [2.75, 3.05) is 12.0 Å². The van der Waals surface area contributed by atoms with Gasteiger partial charge in [-0.1, -0.05) is 23.5 Å². The van der Waals surface area contributed by atoms with E-state index in [1.807, 2.05) is 0 Å². The van der Waals surface area contributed by atoms with Crippen molar-refractivity contribution in [1.29, 1.82) is 0 Å². The molecule has 1 aliphatic heterocycles. The van der Waals surface area contributed by atoms with Crippen LogP contribution in [0.4, 0.5) is 9.52 Å². The van der Waals surface area contributed by atoms with Crippen LogP contribution in [-0.4, -0.2) is 33.9 Å². The number of Topliss-reactive ketones (excluding diaryl/α,β-unsaturated/α-hetero) is 1. The fraction of sp³-hybridized carbons (Fsp3) is 0.0833. The molecule has 0 bridgehead atoms. The molecule has 2 aromatic carbocycles. The van der Waals surface area contributed by atoms with Crippen molar-refractivity contribution in [2.24, 2.45) is 0 Å². The van der Waals surface area contributed by atoms with Crippen LogP contribution in [0, 0.1) is 5.82 Å². The standard InChI is InChI=1S/C24H16FN3O4S/c1-32-16-6-7-17-18(12-16)33-24(27-17)28-20(13-2-4-15(25)5-3-13)19(22(30)23(28)31)21(29)14-8-10-26-11-9-14/h2-12,20,29H,1H3/b21-19+. The number of aliphatic hydroxyl groups is 1. The molecule has 9 heteroatoms. The molecule has 33 heavy (non-hydrogen) atoms. The van der Waals surface area contributed by atoms with Gasteiger partial charge in [-0.05, 0) is 48.0 Å². The molecule has 3 heterocycles. The lowest BCUT2D eigenvalue weighted by molar-refractivity contribution is -0.132. The number of carbonyl (C=O) groups excluding carboxylic acids is 2. The Hall–Kier alpha value is -4.11. The minimum atomic E-state index is -0.985. The van der Waals surface area contributed by atoms with Crippen molar-refractivity contribution < 1.29 is 23.8 Å². The first-order valence-corrected chi connectivity index (χ1v) is 10.7. The van der Waals surface area contributed by atoms with E-state index in [0.717, 1.165) is 4.70 Å². The van der Waals surface area contributed by atoms with E-state index in [9.17, 15) is 19.1 Å². The van der Waals surface area contributed by atoms with E-state index in [2.05, 4.69) is 9.97 Å². The molecule has 2 aromatic heterocycles.